The molecular weight excluding hydrogens is 1160 g/mol. The number of nitrogen functional groups attached to an aromatic ring is 2. The van der Waals surface area contributed by atoms with Gasteiger partial charge in [0.15, 0.2) is 47.7 Å². The molecule has 2 radical (unpaired) electrons. The lowest BCUT2D eigenvalue weighted by Gasteiger charge is -2.30. The molecule has 0 unspecified atom stereocenters. The lowest BCUT2D eigenvalue weighted by atomic mass is 9.95. The van der Waals surface area contributed by atoms with Gasteiger partial charge in [-0.25, -0.2) is 47.9 Å². The van der Waals surface area contributed by atoms with Crippen LogP contribution in [0.25, 0.3) is 44.8 Å². The molecule has 8 aromatic rings. The third kappa shape index (κ3) is 11.8. The fourth-order valence-corrected chi connectivity index (χ4v) is 14.7. The van der Waals surface area contributed by atoms with Crippen molar-refractivity contribution in [1.82, 2.24) is 54.0 Å². The van der Waals surface area contributed by atoms with E-state index in [2.05, 4.69) is 40.2 Å². The minimum absolute atomic E-state index is 0.00121. The number of aromatic nitrogens is 11. The fourth-order valence-electron chi connectivity index (χ4n) is 10.3. The molecule has 32 heteroatoms. The van der Waals surface area contributed by atoms with Crippen molar-refractivity contribution in [2.24, 2.45) is 0 Å². The number of hydrogen-bond donors (Lipinski definition) is 2. The molecule has 4 aliphatic rings. The Morgan fingerprint density at radius 1 is 0.750 bits per heavy atom. The molecule has 10 atom stereocenters. The number of alkyl halides is 2. The van der Waals surface area contributed by atoms with Crippen molar-refractivity contribution in [3.63, 3.8) is 0 Å². The van der Waals surface area contributed by atoms with Crippen molar-refractivity contribution in [2.75, 3.05) is 62.6 Å². The highest BCUT2D eigenvalue weighted by atomic mass is 32.7. The molecule has 84 heavy (non-hydrogen) atoms. The molecule has 1 amide bonds. The summed E-state index contributed by atoms with van der Waals surface area (Å²) in [4.78, 5) is 39.9. The number of hydrogen-bond acceptors (Lipinski definition) is 23. The topological polar surface area (TPSA) is 307 Å². The normalized spacial score (nSPS) is 26.1. The average Bonchev–Trinajstić information content (AvgIpc) is 2.21. The predicted octanol–water partition coefficient (Wildman–Crippen LogP) is 7.12. The molecule has 3 fully saturated rings. The molecule has 4 N–H and O–H groups in total. The molecule has 26 nitrogen and oxygen atoms in total. The second-order valence-corrected chi connectivity index (χ2v) is 25.4. The number of imidazole rings is 2. The summed E-state index contributed by atoms with van der Waals surface area (Å²) in [6.07, 6.45) is -7.67. The number of amides is 1. The molecule has 3 saturated heterocycles. The third-order valence-corrected chi connectivity index (χ3v) is 19.1. The van der Waals surface area contributed by atoms with Crippen LogP contribution in [0, 0.1) is 0 Å². The van der Waals surface area contributed by atoms with Crippen molar-refractivity contribution in [1.29, 1.82) is 0 Å². The zero-order valence-corrected chi connectivity index (χ0v) is 47.5. The Morgan fingerprint density at radius 2 is 1.36 bits per heavy atom. The number of nitrogens with two attached hydrogens (primary N) is 2. The molecule has 9 heterocycles. The summed E-state index contributed by atoms with van der Waals surface area (Å²) >= 11 is 0.720. The molecule has 3 aromatic carbocycles. The van der Waals surface area contributed by atoms with Crippen LogP contribution >= 0.6 is 25.7 Å². The van der Waals surface area contributed by atoms with E-state index in [0.717, 1.165) is 52.2 Å². The number of ether oxygens (including phenoxy) is 5. The van der Waals surface area contributed by atoms with E-state index in [9.17, 15) is 9.36 Å². The zero-order chi connectivity index (χ0) is 58.1. The van der Waals surface area contributed by atoms with E-state index in [0.29, 0.717) is 56.3 Å². The third-order valence-electron chi connectivity index (χ3n) is 14.4. The minimum atomic E-state index is -4.70. The van der Waals surface area contributed by atoms with Crippen molar-refractivity contribution >= 4 is 78.8 Å². The van der Waals surface area contributed by atoms with Crippen molar-refractivity contribution < 1.29 is 64.5 Å². The summed E-state index contributed by atoms with van der Waals surface area (Å²) in [5, 5.41) is 9.16. The van der Waals surface area contributed by atoms with E-state index >= 15 is 13.3 Å². The minimum Gasteiger partial charge on any atom is -0.491 e. The average molecular weight is 1210 g/mol. The van der Waals surface area contributed by atoms with Gasteiger partial charge in [0, 0.05) is 23.3 Å². The van der Waals surface area contributed by atoms with Crippen LogP contribution in [0.3, 0.4) is 0 Å². The molecule has 4 aliphatic heterocycles. The number of carbonyl (C=O) groups is 1. The van der Waals surface area contributed by atoms with Crippen LogP contribution in [0.15, 0.2) is 98.1 Å². The summed E-state index contributed by atoms with van der Waals surface area (Å²) in [5.74, 6) is 0.623. The van der Waals surface area contributed by atoms with E-state index in [1.807, 2.05) is 65.0 Å². The summed E-state index contributed by atoms with van der Waals surface area (Å²) in [6.45, 7) is -1.67. The Balaban J connectivity index is 0.669. The number of rotatable bonds is 17. The van der Waals surface area contributed by atoms with Gasteiger partial charge in [-0.2, -0.15) is 0 Å². The van der Waals surface area contributed by atoms with Crippen LogP contribution in [0.5, 0.6) is 5.75 Å². The zero-order valence-electron chi connectivity index (χ0n) is 44.9. The van der Waals surface area contributed by atoms with Crippen LogP contribution in [-0.4, -0.2) is 151 Å². The van der Waals surface area contributed by atoms with Crippen LogP contribution in [0.2, 0.25) is 0 Å². The lowest BCUT2D eigenvalue weighted by Crippen LogP contribution is -2.37. The summed E-state index contributed by atoms with van der Waals surface area (Å²) in [6, 6.07) is 22.7. The molecule has 0 saturated carbocycles. The highest BCUT2D eigenvalue weighted by molar-refractivity contribution is 8.54. The molecule has 0 bridgehead atoms. The van der Waals surface area contributed by atoms with Gasteiger partial charge in [-0.3, -0.25) is 27.5 Å². The van der Waals surface area contributed by atoms with Gasteiger partial charge in [0.2, 0.25) is 13.5 Å². The number of carbonyl (C=O) groups excluding carboxylic acids is 1. The molecule has 12 rings (SSSR count). The van der Waals surface area contributed by atoms with Crippen molar-refractivity contribution in [3.8, 4) is 28.3 Å². The molecule has 0 spiro atoms. The van der Waals surface area contributed by atoms with Crippen LogP contribution in [0.1, 0.15) is 43.3 Å². The molecule has 438 valence electrons. The number of halogens is 2. The number of fused-ring (bicyclic) bond motifs is 9. The highest BCUT2D eigenvalue weighted by Crippen LogP contribution is 2.65. The van der Waals surface area contributed by atoms with Gasteiger partial charge in [-0.05, 0) is 47.1 Å². The van der Waals surface area contributed by atoms with Gasteiger partial charge >= 0.3 is 6.80 Å². The van der Waals surface area contributed by atoms with Crippen LogP contribution < -0.4 is 21.1 Å². The monoisotopic (exact) mass is 1210 g/mol. The predicted molar refractivity (Wildman–Crippen MR) is 302 cm³/mol. The van der Waals surface area contributed by atoms with Gasteiger partial charge in [-0.1, -0.05) is 66.7 Å². The van der Waals surface area contributed by atoms with Gasteiger partial charge in [0.1, 0.15) is 66.2 Å². The second-order valence-electron chi connectivity index (χ2n) is 19.8. The Hall–Kier alpha value is -6.82. The highest BCUT2D eigenvalue weighted by Gasteiger charge is 2.55. The Bertz CT molecular complexity index is 3780. The number of anilines is 3. The fraction of sp³-hybridized carbons (Fsp3) is 0.404. The first-order valence-corrected chi connectivity index (χ1v) is 31.5. The van der Waals surface area contributed by atoms with E-state index in [-0.39, 0.29) is 58.8 Å². The van der Waals surface area contributed by atoms with Crippen LogP contribution in [-0.2, 0) is 69.8 Å². The molecular formula is C52H55BF2N14O12P2S. The van der Waals surface area contributed by atoms with E-state index in [1.165, 1.54) is 28.1 Å². The Morgan fingerprint density at radius 3 is 2.04 bits per heavy atom. The standard InChI is InChI=1S/C52H55BF2N14O12P2S/c1-2-7-38(70)66-22-31-8-3-4-9-33(31)44-41(34-10-5-6-11-35(34)66)64-65-69(44)16-17-73-18-19-74-20-21-75-32-14-12-30(13-15-32)25-84-83(72)77-24-37-45(39(54)51(79-37)67-28-62-42-47(56)58-26-60-49(42)67)80-82(53,71)76-23-36-46(81-83)40(55)52(78-36)68-29-63-43-48(57)59-27-61-50(43)68/h3-6,8-15,26-29,36-37,39-40,45-46,51-52H,2,7,16-25H2,1H3,(H2,56,58,60)(H2,57,59,61)/t36-,37-,39-,40-,45-,46-,51-,52-,82+,83+/m1/s1. The first kappa shape index (κ1) is 57.6. The summed E-state index contributed by atoms with van der Waals surface area (Å²) in [7, 11) is 1.35. The number of benzene rings is 3. The molecule has 0 aliphatic carbocycles. The number of nitrogens with zero attached hydrogens (tertiary/aromatic N) is 12. The lowest BCUT2D eigenvalue weighted by molar-refractivity contribution is -0.118. The SMILES string of the molecule is [B][P@]1(=O)OC[C@H]2O[C@@H](n3cnc4c(N)ncnc43)[C@H](F)[C@@H]2O[P@@](=O)(SCc2ccc(OCCOCCOCCn3nnc4c3-c3ccccc3CN(C(=O)CCC)c3ccccc3-4)cc2)OC[C@H]2O[C@@H](n3cnc4c(N)ncnc43)[C@H](F)[C@@H]2O1. The number of para-hydroxylation sites is 1. The quantitative estimate of drug-likeness (QED) is 0.0520. The van der Waals surface area contributed by atoms with E-state index in [4.69, 9.17) is 60.8 Å². The second kappa shape index (κ2) is 24.6. The van der Waals surface area contributed by atoms with E-state index < -0.39 is 76.7 Å². The van der Waals surface area contributed by atoms with Gasteiger partial charge in [0.05, 0.1) is 76.8 Å². The molecule has 5 aromatic heterocycles. The van der Waals surface area contributed by atoms with Gasteiger partial charge < -0.3 is 49.1 Å². The maximum Gasteiger partial charge on any atom is 0.389 e. The first-order chi connectivity index (χ1) is 40.8. The summed E-state index contributed by atoms with van der Waals surface area (Å²) < 4.78 is 120. The summed E-state index contributed by atoms with van der Waals surface area (Å²) in [5.41, 5.74) is 18.3. The van der Waals surface area contributed by atoms with E-state index in [1.54, 1.807) is 24.3 Å². The van der Waals surface area contributed by atoms with Gasteiger partial charge in [0.25, 0.3) is 7.47 Å². The maximum absolute atomic E-state index is 17.0. The van der Waals surface area contributed by atoms with Crippen molar-refractivity contribution in [3.05, 3.63) is 109 Å². The first-order valence-electron chi connectivity index (χ1n) is 26.8. The van der Waals surface area contributed by atoms with Gasteiger partial charge in [-0.15, -0.1) is 5.10 Å². The Kier molecular flexibility index (Phi) is 16.9. The van der Waals surface area contributed by atoms with Crippen molar-refractivity contribution in [2.45, 2.75) is 87.8 Å². The smallest absolute Gasteiger partial charge is 0.389 e. The largest absolute Gasteiger partial charge is 0.491 e. The van der Waals surface area contributed by atoms with Crippen LogP contribution in [0.4, 0.5) is 26.1 Å². The Labute approximate surface area is 483 Å². The maximum atomic E-state index is 17.0.